The van der Waals surface area contributed by atoms with Crippen LogP contribution in [0, 0.1) is 19.8 Å². The number of aryl methyl sites for hydroxylation is 2. The Bertz CT molecular complexity index is 940. The summed E-state index contributed by atoms with van der Waals surface area (Å²) in [5.74, 6) is 0.474. The van der Waals surface area contributed by atoms with Crippen molar-refractivity contribution >= 4 is 16.8 Å². The number of carbonyl (C=O) groups is 1. The zero-order chi connectivity index (χ0) is 18.3. The Hall–Kier alpha value is -2.73. The lowest BCUT2D eigenvalue weighted by atomic mass is 9.75. The van der Waals surface area contributed by atoms with Crippen molar-refractivity contribution in [3.63, 3.8) is 0 Å². The molecule has 1 saturated carbocycles. The Morgan fingerprint density at radius 2 is 2.08 bits per heavy atom. The first-order valence-corrected chi connectivity index (χ1v) is 8.79. The Labute approximate surface area is 151 Å². The minimum Gasteiger partial charge on any atom is -0.393 e. The van der Waals surface area contributed by atoms with Crippen LogP contribution in [0.25, 0.3) is 10.9 Å². The van der Waals surface area contributed by atoms with Gasteiger partial charge < -0.3 is 14.9 Å². The van der Waals surface area contributed by atoms with Crippen LogP contribution < -0.4 is 5.32 Å². The number of carbonyl (C=O) groups excluding carboxylic acids is 1. The molecule has 0 unspecified atom stereocenters. The third-order valence-corrected chi connectivity index (χ3v) is 5.14. The maximum atomic E-state index is 12.8. The number of pyridine rings is 1. The highest BCUT2D eigenvalue weighted by molar-refractivity contribution is 5.96. The van der Waals surface area contributed by atoms with Crippen molar-refractivity contribution in [3.8, 4) is 0 Å². The minimum atomic E-state index is -0.299. The van der Waals surface area contributed by atoms with Crippen LogP contribution in [-0.4, -0.2) is 27.3 Å². The van der Waals surface area contributed by atoms with E-state index in [9.17, 15) is 9.90 Å². The number of amides is 1. The van der Waals surface area contributed by atoms with E-state index in [4.69, 9.17) is 4.52 Å². The van der Waals surface area contributed by atoms with Gasteiger partial charge in [-0.05, 0) is 50.3 Å². The molecule has 0 spiro atoms. The summed E-state index contributed by atoms with van der Waals surface area (Å²) in [4.78, 5) is 17.3. The molecule has 134 valence electrons. The van der Waals surface area contributed by atoms with Crippen LogP contribution >= 0.6 is 0 Å². The Kier molecular flexibility index (Phi) is 4.20. The van der Waals surface area contributed by atoms with E-state index in [0.717, 1.165) is 16.5 Å². The SMILES string of the molecule is Cc1noc(C)c1C(=O)N[C@@H](c1cnc2ccccc2c1)C1CC(O)C1. The van der Waals surface area contributed by atoms with Crippen LogP contribution in [0.3, 0.4) is 0 Å². The third kappa shape index (κ3) is 2.97. The highest BCUT2D eigenvalue weighted by Gasteiger charge is 2.36. The van der Waals surface area contributed by atoms with E-state index in [0.29, 0.717) is 29.9 Å². The topological polar surface area (TPSA) is 88.3 Å². The summed E-state index contributed by atoms with van der Waals surface area (Å²) in [5, 5.41) is 17.7. The first-order chi connectivity index (χ1) is 12.5. The number of rotatable bonds is 4. The standard InChI is InChI=1S/C20H21N3O3/c1-11-18(12(2)26-23-11)20(25)22-19(14-8-16(24)9-14)15-7-13-5-3-4-6-17(13)21-10-15/h3-7,10,14,16,19,24H,8-9H2,1-2H3,(H,22,25)/t14?,16?,19-/m1/s1. The summed E-state index contributed by atoms with van der Waals surface area (Å²) in [7, 11) is 0. The number of aliphatic hydroxyl groups is 1. The molecule has 1 aliphatic rings. The molecule has 4 rings (SSSR count). The molecular formula is C20H21N3O3. The molecule has 2 aromatic heterocycles. The van der Waals surface area contributed by atoms with E-state index >= 15 is 0 Å². The summed E-state index contributed by atoms with van der Waals surface area (Å²) in [6, 6.07) is 9.74. The number of nitrogens with one attached hydrogen (secondary N) is 1. The first-order valence-electron chi connectivity index (χ1n) is 8.79. The zero-order valence-electron chi connectivity index (χ0n) is 14.8. The number of fused-ring (bicyclic) bond motifs is 1. The number of hydrogen-bond donors (Lipinski definition) is 2. The van der Waals surface area contributed by atoms with Gasteiger partial charge in [-0.2, -0.15) is 0 Å². The van der Waals surface area contributed by atoms with Crippen molar-refractivity contribution in [1.82, 2.24) is 15.5 Å². The molecule has 0 aliphatic heterocycles. The molecule has 6 nitrogen and oxygen atoms in total. The van der Waals surface area contributed by atoms with Crippen LogP contribution in [0.15, 0.2) is 41.1 Å². The van der Waals surface area contributed by atoms with E-state index in [2.05, 4.69) is 21.5 Å². The quantitative estimate of drug-likeness (QED) is 0.754. The average molecular weight is 351 g/mol. The number of aliphatic hydroxyl groups excluding tert-OH is 1. The summed E-state index contributed by atoms with van der Waals surface area (Å²) < 4.78 is 5.12. The van der Waals surface area contributed by atoms with Gasteiger partial charge in [-0.15, -0.1) is 0 Å². The van der Waals surface area contributed by atoms with Crippen molar-refractivity contribution in [1.29, 1.82) is 0 Å². The fourth-order valence-corrected chi connectivity index (χ4v) is 3.65. The second-order valence-corrected chi connectivity index (χ2v) is 7.00. The van der Waals surface area contributed by atoms with Crippen LogP contribution in [0.2, 0.25) is 0 Å². The van der Waals surface area contributed by atoms with Gasteiger partial charge in [-0.25, -0.2) is 0 Å². The van der Waals surface area contributed by atoms with Crippen molar-refractivity contribution in [3.05, 3.63) is 59.1 Å². The van der Waals surface area contributed by atoms with E-state index in [1.165, 1.54) is 0 Å². The summed E-state index contributed by atoms with van der Waals surface area (Å²) in [6.07, 6.45) is 2.84. The normalized spacial score (nSPS) is 20.6. The van der Waals surface area contributed by atoms with Crippen LogP contribution in [0.5, 0.6) is 0 Å². The highest BCUT2D eigenvalue weighted by Crippen LogP contribution is 2.38. The molecule has 1 fully saturated rings. The molecule has 6 heteroatoms. The Morgan fingerprint density at radius 3 is 2.77 bits per heavy atom. The second kappa shape index (κ2) is 6.53. The lowest BCUT2D eigenvalue weighted by Crippen LogP contribution is -2.41. The molecule has 3 aromatic rings. The molecule has 2 heterocycles. The second-order valence-electron chi connectivity index (χ2n) is 7.00. The number of para-hydroxylation sites is 1. The number of nitrogens with zero attached hydrogens (tertiary/aromatic N) is 2. The number of aromatic nitrogens is 2. The van der Waals surface area contributed by atoms with Gasteiger partial charge in [-0.1, -0.05) is 23.4 Å². The van der Waals surface area contributed by atoms with Crippen molar-refractivity contribution < 1.29 is 14.4 Å². The highest BCUT2D eigenvalue weighted by atomic mass is 16.5. The third-order valence-electron chi connectivity index (χ3n) is 5.14. The van der Waals surface area contributed by atoms with Crippen LogP contribution in [-0.2, 0) is 0 Å². The average Bonchev–Trinajstić information content (AvgIpc) is 2.95. The van der Waals surface area contributed by atoms with Gasteiger partial charge in [0.15, 0.2) is 0 Å². The first kappa shape index (κ1) is 16.7. The summed E-state index contributed by atoms with van der Waals surface area (Å²) in [6.45, 7) is 3.49. The molecule has 1 amide bonds. The van der Waals surface area contributed by atoms with E-state index < -0.39 is 0 Å². The van der Waals surface area contributed by atoms with Gasteiger partial charge in [0, 0.05) is 11.6 Å². The van der Waals surface area contributed by atoms with E-state index in [1.54, 1.807) is 13.8 Å². The molecule has 0 radical (unpaired) electrons. The molecule has 2 N–H and O–H groups in total. The predicted molar refractivity (Wildman–Crippen MR) is 96.7 cm³/mol. The van der Waals surface area contributed by atoms with Gasteiger partial charge >= 0.3 is 0 Å². The fourth-order valence-electron chi connectivity index (χ4n) is 3.65. The van der Waals surface area contributed by atoms with Gasteiger partial charge in [-0.3, -0.25) is 9.78 Å². The largest absolute Gasteiger partial charge is 0.393 e. The molecule has 26 heavy (non-hydrogen) atoms. The van der Waals surface area contributed by atoms with Gasteiger partial charge in [0.25, 0.3) is 5.91 Å². The molecule has 0 saturated heterocycles. The molecule has 1 atom stereocenters. The van der Waals surface area contributed by atoms with Crippen molar-refractivity contribution in [2.24, 2.45) is 5.92 Å². The maximum absolute atomic E-state index is 12.8. The molecular weight excluding hydrogens is 330 g/mol. The maximum Gasteiger partial charge on any atom is 0.257 e. The smallest absolute Gasteiger partial charge is 0.257 e. The van der Waals surface area contributed by atoms with Crippen LogP contribution in [0.4, 0.5) is 0 Å². The monoisotopic (exact) mass is 351 g/mol. The lowest BCUT2D eigenvalue weighted by Gasteiger charge is -2.38. The minimum absolute atomic E-state index is 0.178. The molecule has 1 aliphatic carbocycles. The van der Waals surface area contributed by atoms with E-state index in [1.807, 2.05) is 30.5 Å². The Morgan fingerprint density at radius 1 is 1.31 bits per heavy atom. The van der Waals surface area contributed by atoms with Crippen molar-refractivity contribution in [2.45, 2.75) is 38.8 Å². The number of benzene rings is 1. The predicted octanol–water partition coefficient (Wildman–Crippen LogP) is 3.08. The van der Waals surface area contributed by atoms with Crippen LogP contribution in [0.1, 0.15) is 46.3 Å². The summed E-state index contributed by atoms with van der Waals surface area (Å²) >= 11 is 0. The lowest BCUT2D eigenvalue weighted by molar-refractivity contribution is 0.0234. The van der Waals surface area contributed by atoms with Gasteiger partial charge in [0.1, 0.15) is 11.3 Å². The van der Waals surface area contributed by atoms with E-state index in [-0.39, 0.29) is 24.0 Å². The summed E-state index contributed by atoms with van der Waals surface area (Å²) in [5.41, 5.74) is 2.91. The zero-order valence-corrected chi connectivity index (χ0v) is 14.8. The molecule has 0 bridgehead atoms. The van der Waals surface area contributed by atoms with Gasteiger partial charge in [0.2, 0.25) is 0 Å². The van der Waals surface area contributed by atoms with Gasteiger partial charge in [0.05, 0.1) is 23.4 Å². The Balaban J connectivity index is 1.67. The number of hydrogen-bond acceptors (Lipinski definition) is 5. The van der Waals surface area contributed by atoms with Crippen molar-refractivity contribution in [2.75, 3.05) is 0 Å². The fraction of sp³-hybridized carbons (Fsp3) is 0.350. The molecule has 1 aromatic carbocycles.